The molecule has 0 fully saturated rings. The van der Waals surface area contributed by atoms with Gasteiger partial charge in [0.05, 0.1) is 23.0 Å². The zero-order chi connectivity index (χ0) is 24.0. The molecule has 0 radical (unpaired) electrons. The molecule has 1 aromatic heterocycles. The van der Waals surface area contributed by atoms with E-state index in [1.807, 2.05) is 20.8 Å². The Balaban J connectivity index is 2.01. The summed E-state index contributed by atoms with van der Waals surface area (Å²) >= 11 is 0. The van der Waals surface area contributed by atoms with E-state index in [2.05, 4.69) is 10.6 Å². The largest absolute Gasteiger partial charge is 0.356 e. The number of hydrogen-bond donors (Lipinski definition) is 2. The minimum Gasteiger partial charge on any atom is -0.356 e. The quantitative estimate of drug-likeness (QED) is 0.521. The van der Waals surface area contributed by atoms with E-state index in [-0.39, 0.29) is 30.8 Å². The molecule has 3 aromatic rings. The fraction of sp³-hybridized carbons (Fsp3) is 0.360. The van der Waals surface area contributed by atoms with Gasteiger partial charge in [-0.05, 0) is 49.6 Å². The second kappa shape index (κ2) is 10.8. The number of para-hydroxylation sites is 1. The first kappa shape index (κ1) is 24.0. The highest BCUT2D eigenvalue weighted by atomic mass is 16.2. The third kappa shape index (κ3) is 5.58. The Morgan fingerprint density at radius 3 is 2.33 bits per heavy atom. The van der Waals surface area contributed by atoms with Crippen LogP contribution in [-0.4, -0.2) is 33.5 Å². The zero-order valence-corrected chi connectivity index (χ0v) is 19.3. The van der Waals surface area contributed by atoms with Crippen molar-refractivity contribution in [3.63, 3.8) is 0 Å². The molecule has 8 heteroatoms. The van der Waals surface area contributed by atoms with Gasteiger partial charge < -0.3 is 10.6 Å². The van der Waals surface area contributed by atoms with Crippen LogP contribution >= 0.6 is 0 Å². The van der Waals surface area contributed by atoms with Crippen LogP contribution in [0.5, 0.6) is 0 Å². The van der Waals surface area contributed by atoms with Gasteiger partial charge in [-0.1, -0.05) is 38.1 Å². The van der Waals surface area contributed by atoms with Gasteiger partial charge >= 0.3 is 5.69 Å². The van der Waals surface area contributed by atoms with Crippen molar-refractivity contribution in [2.45, 2.75) is 52.6 Å². The molecule has 2 N–H and O–H groups in total. The number of benzene rings is 2. The average molecular weight is 451 g/mol. The van der Waals surface area contributed by atoms with Crippen molar-refractivity contribution in [2.75, 3.05) is 6.54 Å². The molecule has 0 bridgehead atoms. The SMILES string of the molecule is CCCNC(=O)Cc1ccc(-n2c(=O)c3ccccc3n(CC(=O)N[C@H](C)CC)c2=O)cc1. The molecule has 8 nitrogen and oxygen atoms in total. The first-order chi connectivity index (χ1) is 15.8. The first-order valence-electron chi connectivity index (χ1n) is 11.3. The number of amides is 2. The highest BCUT2D eigenvalue weighted by molar-refractivity contribution is 5.82. The summed E-state index contributed by atoms with van der Waals surface area (Å²) in [4.78, 5) is 51.0. The maximum absolute atomic E-state index is 13.4. The lowest BCUT2D eigenvalue weighted by atomic mass is 10.1. The van der Waals surface area contributed by atoms with Crippen molar-refractivity contribution < 1.29 is 9.59 Å². The van der Waals surface area contributed by atoms with E-state index in [1.54, 1.807) is 48.5 Å². The van der Waals surface area contributed by atoms with Crippen LogP contribution in [-0.2, 0) is 22.6 Å². The summed E-state index contributed by atoms with van der Waals surface area (Å²) in [5.41, 5.74) is 0.514. The van der Waals surface area contributed by atoms with Gasteiger partial charge in [0.15, 0.2) is 0 Å². The minimum atomic E-state index is -0.591. The molecule has 174 valence electrons. The Kier molecular flexibility index (Phi) is 7.82. The number of rotatable bonds is 9. The van der Waals surface area contributed by atoms with Crippen molar-refractivity contribution in [1.82, 2.24) is 19.8 Å². The smallest absolute Gasteiger partial charge is 0.336 e. The highest BCUT2D eigenvalue weighted by Crippen LogP contribution is 2.12. The third-order valence-corrected chi connectivity index (χ3v) is 5.50. The van der Waals surface area contributed by atoms with E-state index < -0.39 is 11.2 Å². The van der Waals surface area contributed by atoms with Crippen LogP contribution in [0.2, 0.25) is 0 Å². The number of carbonyl (C=O) groups is 2. The van der Waals surface area contributed by atoms with Crippen LogP contribution in [0.3, 0.4) is 0 Å². The number of hydrogen-bond acceptors (Lipinski definition) is 4. The Hall–Kier alpha value is -3.68. The Bertz CT molecular complexity index is 1260. The monoisotopic (exact) mass is 450 g/mol. The number of carbonyl (C=O) groups excluding carboxylic acids is 2. The van der Waals surface area contributed by atoms with Crippen LogP contribution in [0.15, 0.2) is 58.1 Å². The molecule has 0 aliphatic carbocycles. The van der Waals surface area contributed by atoms with Gasteiger partial charge in [0, 0.05) is 12.6 Å². The summed E-state index contributed by atoms with van der Waals surface area (Å²) in [6, 6.07) is 13.5. The maximum atomic E-state index is 13.4. The number of fused-ring (bicyclic) bond motifs is 1. The first-order valence-corrected chi connectivity index (χ1v) is 11.3. The molecule has 33 heavy (non-hydrogen) atoms. The van der Waals surface area contributed by atoms with Gasteiger partial charge in [-0.25, -0.2) is 9.36 Å². The number of nitrogens with one attached hydrogen (secondary N) is 2. The second-order valence-electron chi connectivity index (χ2n) is 8.10. The minimum absolute atomic E-state index is 0.0209. The topological polar surface area (TPSA) is 102 Å². The van der Waals surface area contributed by atoms with Crippen LogP contribution in [0, 0.1) is 0 Å². The van der Waals surface area contributed by atoms with Gasteiger partial charge in [0.25, 0.3) is 5.56 Å². The van der Waals surface area contributed by atoms with Crippen molar-refractivity contribution in [3.8, 4) is 5.69 Å². The number of aromatic nitrogens is 2. The van der Waals surface area contributed by atoms with Gasteiger partial charge in [0.2, 0.25) is 11.8 Å². The van der Waals surface area contributed by atoms with Crippen molar-refractivity contribution >= 4 is 22.7 Å². The molecule has 1 heterocycles. The lowest BCUT2D eigenvalue weighted by Gasteiger charge is -2.16. The molecule has 0 aliphatic rings. The van der Waals surface area contributed by atoms with Crippen molar-refractivity contribution in [3.05, 3.63) is 74.9 Å². The molecule has 0 aliphatic heterocycles. The molecule has 1 atom stereocenters. The summed E-state index contributed by atoms with van der Waals surface area (Å²) in [6.45, 7) is 6.26. The molecule has 0 unspecified atom stereocenters. The van der Waals surface area contributed by atoms with Crippen LogP contribution in [0.1, 0.15) is 39.2 Å². The lowest BCUT2D eigenvalue weighted by Crippen LogP contribution is -2.43. The van der Waals surface area contributed by atoms with Crippen LogP contribution in [0.4, 0.5) is 0 Å². The van der Waals surface area contributed by atoms with E-state index in [1.165, 1.54) is 4.57 Å². The second-order valence-corrected chi connectivity index (χ2v) is 8.10. The zero-order valence-electron chi connectivity index (χ0n) is 19.3. The molecule has 3 rings (SSSR count). The summed E-state index contributed by atoms with van der Waals surface area (Å²) < 4.78 is 2.39. The molecule has 0 saturated heterocycles. The number of nitrogens with zero attached hydrogens (tertiary/aromatic N) is 2. The lowest BCUT2D eigenvalue weighted by molar-refractivity contribution is -0.122. The summed E-state index contributed by atoms with van der Waals surface area (Å²) in [5, 5.41) is 6.03. The molecule has 2 aromatic carbocycles. The fourth-order valence-electron chi connectivity index (χ4n) is 3.54. The maximum Gasteiger partial charge on any atom is 0.336 e. The Morgan fingerprint density at radius 1 is 0.970 bits per heavy atom. The predicted octanol–water partition coefficient (Wildman–Crippen LogP) is 2.14. The van der Waals surface area contributed by atoms with Gasteiger partial charge in [-0.2, -0.15) is 0 Å². The van der Waals surface area contributed by atoms with Crippen LogP contribution < -0.4 is 21.9 Å². The molecule has 0 saturated carbocycles. The molecular formula is C25H30N4O4. The normalized spacial score (nSPS) is 11.8. The summed E-state index contributed by atoms with van der Waals surface area (Å²) in [6.07, 6.45) is 1.84. The Labute approximate surface area is 192 Å². The predicted molar refractivity (Wildman–Crippen MR) is 129 cm³/mol. The molecular weight excluding hydrogens is 420 g/mol. The van der Waals surface area contributed by atoms with Gasteiger partial charge in [-0.3, -0.25) is 19.0 Å². The van der Waals surface area contributed by atoms with Gasteiger partial charge in [0.1, 0.15) is 6.54 Å². The molecule has 0 spiro atoms. The van der Waals surface area contributed by atoms with E-state index >= 15 is 0 Å². The molecule has 2 amide bonds. The van der Waals surface area contributed by atoms with E-state index in [0.29, 0.717) is 23.1 Å². The van der Waals surface area contributed by atoms with Crippen molar-refractivity contribution in [2.24, 2.45) is 0 Å². The van der Waals surface area contributed by atoms with E-state index in [0.717, 1.165) is 23.0 Å². The van der Waals surface area contributed by atoms with Crippen molar-refractivity contribution in [1.29, 1.82) is 0 Å². The summed E-state index contributed by atoms with van der Waals surface area (Å²) in [7, 11) is 0. The Morgan fingerprint density at radius 2 is 1.67 bits per heavy atom. The van der Waals surface area contributed by atoms with Gasteiger partial charge in [-0.15, -0.1) is 0 Å². The van der Waals surface area contributed by atoms with E-state index in [4.69, 9.17) is 0 Å². The fourth-order valence-corrected chi connectivity index (χ4v) is 3.54. The standard InChI is InChI=1S/C25H30N4O4/c1-4-14-26-22(30)15-18-10-12-19(13-11-18)29-24(32)20-8-6-7-9-21(20)28(25(29)33)16-23(31)27-17(3)5-2/h6-13,17H,4-5,14-16H2,1-3H3,(H,26,30)(H,27,31)/t17-/m1/s1. The highest BCUT2D eigenvalue weighted by Gasteiger charge is 2.17. The van der Waals surface area contributed by atoms with Crippen LogP contribution in [0.25, 0.3) is 16.6 Å². The summed E-state index contributed by atoms with van der Waals surface area (Å²) in [5.74, 6) is -0.377. The third-order valence-electron chi connectivity index (χ3n) is 5.50. The van der Waals surface area contributed by atoms with E-state index in [9.17, 15) is 19.2 Å². The average Bonchev–Trinajstić information content (AvgIpc) is 2.81.